The monoisotopic (exact) mass is 237 g/mol. The Hall–Kier alpha value is -1.24. The second kappa shape index (κ2) is 5.74. The molecule has 16 heavy (non-hydrogen) atoms. The van der Waals surface area contributed by atoms with Crippen molar-refractivity contribution in [1.29, 1.82) is 5.26 Å². The topological polar surface area (TPSA) is 61.8 Å². The fourth-order valence-electron chi connectivity index (χ4n) is 1.43. The van der Waals surface area contributed by atoms with E-state index in [-0.39, 0.29) is 6.04 Å². The summed E-state index contributed by atoms with van der Waals surface area (Å²) < 4.78 is 0. The zero-order valence-corrected chi connectivity index (χ0v) is 10.3. The average Bonchev–Trinajstić information content (AvgIpc) is 2.25. The van der Waals surface area contributed by atoms with Gasteiger partial charge in [-0.1, -0.05) is 25.4 Å². The van der Waals surface area contributed by atoms with E-state index in [0.717, 1.165) is 5.69 Å². The van der Waals surface area contributed by atoms with E-state index in [1.165, 1.54) is 0 Å². The molecule has 3 N–H and O–H groups in total. The van der Waals surface area contributed by atoms with Crippen molar-refractivity contribution in [2.45, 2.75) is 19.9 Å². The highest BCUT2D eigenvalue weighted by Crippen LogP contribution is 2.22. The van der Waals surface area contributed by atoms with Crippen LogP contribution in [0.3, 0.4) is 0 Å². The first kappa shape index (κ1) is 12.8. The number of rotatable bonds is 4. The van der Waals surface area contributed by atoms with Gasteiger partial charge in [0.1, 0.15) is 6.07 Å². The summed E-state index contributed by atoms with van der Waals surface area (Å²) in [5.74, 6) is 0.399. The lowest BCUT2D eigenvalue weighted by molar-refractivity contribution is 0.531. The van der Waals surface area contributed by atoms with Crippen LogP contribution >= 0.6 is 11.6 Å². The van der Waals surface area contributed by atoms with Crippen LogP contribution in [0.15, 0.2) is 18.2 Å². The maximum absolute atomic E-state index is 8.97. The number of halogens is 1. The van der Waals surface area contributed by atoms with Crippen LogP contribution in [-0.2, 0) is 0 Å². The number of hydrogen-bond donors (Lipinski definition) is 2. The van der Waals surface area contributed by atoms with E-state index in [1.54, 1.807) is 18.2 Å². The van der Waals surface area contributed by atoms with Crippen molar-refractivity contribution >= 4 is 17.3 Å². The van der Waals surface area contributed by atoms with E-state index in [2.05, 4.69) is 25.2 Å². The number of nitriles is 1. The van der Waals surface area contributed by atoms with Crippen molar-refractivity contribution in [3.05, 3.63) is 28.8 Å². The summed E-state index contributed by atoms with van der Waals surface area (Å²) in [5.41, 5.74) is 7.01. The van der Waals surface area contributed by atoms with Gasteiger partial charge in [0.05, 0.1) is 11.3 Å². The van der Waals surface area contributed by atoms with Crippen LogP contribution in [-0.4, -0.2) is 12.6 Å². The predicted molar refractivity (Wildman–Crippen MR) is 67.5 cm³/mol. The van der Waals surface area contributed by atoms with Gasteiger partial charge in [-0.3, -0.25) is 0 Å². The number of nitrogens with two attached hydrogens (primary N) is 1. The SMILES string of the molecule is CC(C)C(CN)Nc1cc(Cl)ccc1C#N. The smallest absolute Gasteiger partial charge is 0.101 e. The van der Waals surface area contributed by atoms with Gasteiger partial charge in [0.15, 0.2) is 0 Å². The molecule has 0 radical (unpaired) electrons. The molecule has 0 bridgehead atoms. The van der Waals surface area contributed by atoms with Crippen LogP contribution in [0.1, 0.15) is 19.4 Å². The van der Waals surface area contributed by atoms with Gasteiger partial charge in [-0.15, -0.1) is 0 Å². The standard InChI is InChI=1S/C12H16ClN3/c1-8(2)12(7-15)16-11-5-10(13)4-3-9(11)6-14/h3-5,8,12,16H,7,15H2,1-2H3. The normalized spacial score (nSPS) is 12.2. The van der Waals surface area contributed by atoms with Crippen LogP contribution in [0.4, 0.5) is 5.69 Å². The molecule has 1 rings (SSSR count). The molecule has 3 nitrogen and oxygen atoms in total. The largest absolute Gasteiger partial charge is 0.380 e. The van der Waals surface area contributed by atoms with Gasteiger partial charge >= 0.3 is 0 Å². The highest BCUT2D eigenvalue weighted by atomic mass is 35.5. The van der Waals surface area contributed by atoms with Crippen LogP contribution in [0.5, 0.6) is 0 Å². The van der Waals surface area contributed by atoms with Gasteiger partial charge in [-0.05, 0) is 24.1 Å². The summed E-state index contributed by atoms with van der Waals surface area (Å²) in [6, 6.07) is 7.44. The fraction of sp³-hybridized carbons (Fsp3) is 0.417. The molecule has 0 aliphatic heterocycles. The van der Waals surface area contributed by atoms with Gasteiger partial charge in [-0.2, -0.15) is 5.26 Å². The fourth-order valence-corrected chi connectivity index (χ4v) is 1.60. The lowest BCUT2D eigenvalue weighted by Gasteiger charge is -2.22. The van der Waals surface area contributed by atoms with E-state index in [0.29, 0.717) is 23.0 Å². The molecule has 0 saturated heterocycles. The summed E-state index contributed by atoms with van der Waals surface area (Å²) in [4.78, 5) is 0. The summed E-state index contributed by atoms with van der Waals surface area (Å²) in [6.07, 6.45) is 0. The second-order valence-corrected chi connectivity index (χ2v) is 4.47. The minimum atomic E-state index is 0.144. The molecule has 1 aromatic carbocycles. The maximum atomic E-state index is 8.97. The molecule has 0 fully saturated rings. The molecule has 0 aliphatic carbocycles. The van der Waals surface area contributed by atoms with Gasteiger partial charge in [0, 0.05) is 17.6 Å². The predicted octanol–water partition coefficient (Wildman–Crippen LogP) is 2.61. The quantitative estimate of drug-likeness (QED) is 0.846. The highest BCUT2D eigenvalue weighted by molar-refractivity contribution is 6.30. The number of benzene rings is 1. The molecule has 0 aromatic heterocycles. The molecular weight excluding hydrogens is 222 g/mol. The van der Waals surface area contributed by atoms with E-state index < -0.39 is 0 Å². The van der Waals surface area contributed by atoms with Crippen molar-refractivity contribution in [2.24, 2.45) is 11.7 Å². The van der Waals surface area contributed by atoms with E-state index in [4.69, 9.17) is 22.6 Å². The number of nitrogens with one attached hydrogen (secondary N) is 1. The van der Waals surface area contributed by atoms with Gasteiger partial charge in [0.2, 0.25) is 0 Å². The summed E-state index contributed by atoms with van der Waals surface area (Å²) in [5, 5.41) is 12.8. The third kappa shape index (κ3) is 3.13. The van der Waals surface area contributed by atoms with Crippen LogP contribution in [0.2, 0.25) is 5.02 Å². The lowest BCUT2D eigenvalue weighted by atomic mass is 10.0. The molecule has 86 valence electrons. The Balaban J connectivity index is 2.95. The van der Waals surface area contributed by atoms with Crippen LogP contribution in [0.25, 0.3) is 0 Å². The zero-order valence-electron chi connectivity index (χ0n) is 9.50. The minimum absolute atomic E-state index is 0.144. The molecule has 0 aliphatic rings. The number of nitrogens with zero attached hydrogens (tertiary/aromatic N) is 1. The van der Waals surface area contributed by atoms with E-state index in [9.17, 15) is 0 Å². The zero-order chi connectivity index (χ0) is 12.1. The second-order valence-electron chi connectivity index (χ2n) is 4.03. The van der Waals surface area contributed by atoms with Crippen molar-refractivity contribution < 1.29 is 0 Å². The molecule has 1 atom stereocenters. The van der Waals surface area contributed by atoms with Crippen LogP contribution < -0.4 is 11.1 Å². The third-order valence-electron chi connectivity index (χ3n) is 2.50. The number of hydrogen-bond acceptors (Lipinski definition) is 3. The van der Waals surface area contributed by atoms with Crippen molar-refractivity contribution in [3.8, 4) is 6.07 Å². The first-order chi connectivity index (χ1) is 7.58. The maximum Gasteiger partial charge on any atom is 0.101 e. The third-order valence-corrected chi connectivity index (χ3v) is 2.74. The summed E-state index contributed by atoms with van der Waals surface area (Å²) in [6.45, 7) is 4.69. The first-order valence-electron chi connectivity index (χ1n) is 5.24. The van der Waals surface area contributed by atoms with E-state index in [1.807, 2.05) is 0 Å². The Morgan fingerprint density at radius 3 is 2.69 bits per heavy atom. The minimum Gasteiger partial charge on any atom is -0.380 e. The van der Waals surface area contributed by atoms with Crippen molar-refractivity contribution in [3.63, 3.8) is 0 Å². The Labute approximate surface area is 101 Å². The molecule has 1 aromatic rings. The van der Waals surface area contributed by atoms with E-state index >= 15 is 0 Å². The molecule has 0 heterocycles. The first-order valence-corrected chi connectivity index (χ1v) is 5.62. The molecule has 4 heteroatoms. The van der Waals surface area contributed by atoms with Gasteiger partial charge in [0.25, 0.3) is 0 Å². The average molecular weight is 238 g/mol. The Kier molecular flexibility index (Phi) is 4.60. The molecular formula is C12H16ClN3. The van der Waals surface area contributed by atoms with Gasteiger partial charge in [-0.25, -0.2) is 0 Å². The summed E-state index contributed by atoms with van der Waals surface area (Å²) >= 11 is 5.90. The van der Waals surface area contributed by atoms with Crippen molar-refractivity contribution in [1.82, 2.24) is 0 Å². The van der Waals surface area contributed by atoms with Crippen LogP contribution in [0, 0.1) is 17.2 Å². The molecule has 0 saturated carbocycles. The lowest BCUT2D eigenvalue weighted by Crippen LogP contribution is -2.33. The molecule has 1 unspecified atom stereocenters. The Morgan fingerprint density at radius 1 is 1.50 bits per heavy atom. The molecule has 0 amide bonds. The Bertz CT molecular complexity index is 396. The number of anilines is 1. The van der Waals surface area contributed by atoms with Crippen molar-refractivity contribution in [2.75, 3.05) is 11.9 Å². The Morgan fingerprint density at radius 2 is 2.19 bits per heavy atom. The molecule has 0 spiro atoms. The summed E-state index contributed by atoms with van der Waals surface area (Å²) in [7, 11) is 0. The van der Waals surface area contributed by atoms with Gasteiger partial charge < -0.3 is 11.1 Å². The highest BCUT2D eigenvalue weighted by Gasteiger charge is 2.13.